The Morgan fingerprint density at radius 2 is 2.00 bits per heavy atom. The smallest absolute Gasteiger partial charge is 0.255 e. The summed E-state index contributed by atoms with van der Waals surface area (Å²) in [5, 5.41) is 2.80. The molecule has 6 heteroatoms. The van der Waals surface area contributed by atoms with Crippen LogP contribution in [0.5, 0.6) is 5.75 Å². The molecule has 6 nitrogen and oxygen atoms in total. The molecule has 3 aliphatic heterocycles. The molecule has 0 bridgehead atoms. The number of allylic oxidation sites excluding steroid dienone is 1. The number of amides is 2. The molecular weight excluding hydrogens is 402 g/mol. The van der Waals surface area contributed by atoms with Crippen molar-refractivity contribution < 1.29 is 14.3 Å². The van der Waals surface area contributed by atoms with Crippen molar-refractivity contribution in [3.8, 4) is 5.75 Å². The molecule has 1 aliphatic carbocycles. The van der Waals surface area contributed by atoms with Crippen LogP contribution in [0.15, 0.2) is 30.5 Å². The SMILES string of the molecule is C=C1CCC(N2Cc3cc(OC4CCCC4N4CCCC(C)(C)C4)ccc3C2=O)C(=O)N1. The van der Waals surface area contributed by atoms with Gasteiger partial charge in [-0.1, -0.05) is 20.4 Å². The number of hydrogen-bond donors (Lipinski definition) is 1. The Hall–Kier alpha value is -2.34. The predicted octanol–water partition coefficient (Wildman–Crippen LogP) is 3.86. The van der Waals surface area contributed by atoms with E-state index in [2.05, 4.69) is 30.6 Å². The monoisotopic (exact) mass is 437 g/mol. The lowest BCUT2D eigenvalue weighted by Crippen LogP contribution is -2.49. The number of carbonyl (C=O) groups is 2. The van der Waals surface area contributed by atoms with Gasteiger partial charge in [0.25, 0.3) is 5.91 Å². The molecule has 5 rings (SSSR count). The molecule has 0 aromatic heterocycles. The molecule has 3 fully saturated rings. The van der Waals surface area contributed by atoms with Gasteiger partial charge >= 0.3 is 0 Å². The second kappa shape index (κ2) is 8.22. The Morgan fingerprint density at radius 1 is 1.16 bits per heavy atom. The number of piperidine rings is 2. The van der Waals surface area contributed by atoms with Crippen LogP contribution in [-0.2, 0) is 11.3 Å². The number of likely N-dealkylation sites (tertiary alicyclic amines) is 1. The fourth-order valence-corrected chi connectivity index (χ4v) is 6.09. The highest BCUT2D eigenvalue weighted by molar-refractivity contribution is 6.01. The molecule has 3 atom stereocenters. The first-order valence-electron chi connectivity index (χ1n) is 12.1. The van der Waals surface area contributed by atoms with Gasteiger partial charge in [0.2, 0.25) is 5.91 Å². The molecule has 1 saturated carbocycles. The average Bonchev–Trinajstić information content (AvgIpc) is 3.32. The van der Waals surface area contributed by atoms with Crippen molar-refractivity contribution in [2.75, 3.05) is 13.1 Å². The number of ether oxygens (including phenoxy) is 1. The van der Waals surface area contributed by atoms with Crippen LogP contribution < -0.4 is 10.1 Å². The first kappa shape index (κ1) is 21.5. The lowest BCUT2D eigenvalue weighted by molar-refractivity contribution is -0.126. The van der Waals surface area contributed by atoms with E-state index in [0.29, 0.717) is 36.4 Å². The van der Waals surface area contributed by atoms with Gasteiger partial charge in [-0.2, -0.15) is 0 Å². The van der Waals surface area contributed by atoms with E-state index < -0.39 is 6.04 Å². The number of nitrogens with one attached hydrogen (secondary N) is 1. The summed E-state index contributed by atoms with van der Waals surface area (Å²) >= 11 is 0. The molecule has 32 heavy (non-hydrogen) atoms. The lowest BCUT2D eigenvalue weighted by atomic mass is 9.83. The van der Waals surface area contributed by atoms with E-state index in [1.807, 2.05) is 18.2 Å². The van der Waals surface area contributed by atoms with Crippen LogP contribution >= 0.6 is 0 Å². The normalized spacial score (nSPS) is 30.4. The highest BCUT2D eigenvalue weighted by Gasteiger charge is 2.40. The number of rotatable bonds is 4. The Morgan fingerprint density at radius 3 is 2.78 bits per heavy atom. The number of hydrogen-bond acceptors (Lipinski definition) is 4. The minimum absolute atomic E-state index is 0.0616. The summed E-state index contributed by atoms with van der Waals surface area (Å²) in [6.45, 7) is 11.3. The number of benzene rings is 1. The van der Waals surface area contributed by atoms with Crippen LogP contribution in [0.2, 0.25) is 0 Å². The third-order valence-electron chi connectivity index (χ3n) is 7.71. The van der Waals surface area contributed by atoms with Crippen LogP contribution in [0, 0.1) is 5.41 Å². The fourth-order valence-electron chi connectivity index (χ4n) is 6.09. The topological polar surface area (TPSA) is 61.9 Å². The van der Waals surface area contributed by atoms with Gasteiger partial charge in [-0.15, -0.1) is 0 Å². The molecule has 2 saturated heterocycles. The molecule has 172 valence electrons. The minimum atomic E-state index is -0.425. The first-order valence-corrected chi connectivity index (χ1v) is 12.1. The standard InChI is InChI=1S/C26H35N3O3/c1-17-8-11-22(24(30)27-17)29-15-18-14-19(9-10-20(18)25(29)31)32-23-7-4-6-21(23)28-13-5-12-26(2,3)16-28/h9-10,14,21-23H,1,4-8,11-13,15-16H2,2-3H3,(H,27,30). The Labute approximate surface area is 191 Å². The van der Waals surface area contributed by atoms with Crippen molar-refractivity contribution in [1.29, 1.82) is 0 Å². The molecular formula is C26H35N3O3. The van der Waals surface area contributed by atoms with Gasteiger partial charge in [-0.25, -0.2) is 0 Å². The zero-order valence-electron chi connectivity index (χ0n) is 19.4. The second-order valence-electron chi connectivity index (χ2n) is 10.8. The maximum Gasteiger partial charge on any atom is 0.255 e. The molecule has 1 aromatic carbocycles. The highest BCUT2D eigenvalue weighted by atomic mass is 16.5. The summed E-state index contributed by atoms with van der Waals surface area (Å²) in [5.41, 5.74) is 2.75. The van der Waals surface area contributed by atoms with Crippen molar-refractivity contribution >= 4 is 11.8 Å². The van der Waals surface area contributed by atoms with Gasteiger partial charge in [0, 0.05) is 30.4 Å². The molecule has 3 unspecified atom stereocenters. The predicted molar refractivity (Wildman–Crippen MR) is 123 cm³/mol. The maximum absolute atomic E-state index is 13.0. The van der Waals surface area contributed by atoms with Gasteiger partial charge in [-0.05, 0) is 80.7 Å². The van der Waals surface area contributed by atoms with Gasteiger partial charge in [0.1, 0.15) is 17.9 Å². The lowest BCUT2D eigenvalue weighted by Gasteiger charge is -2.42. The number of nitrogens with zero attached hydrogens (tertiary/aromatic N) is 2. The van der Waals surface area contributed by atoms with E-state index in [4.69, 9.17) is 4.74 Å². The highest BCUT2D eigenvalue weighted by Crippen LogP contribution is 2.36. The fraction of sp³-hybridized carbons (Fsp3) is 0.615. The second-order valence-corrected chi connectivity index (χ2v) is 10.8. The summed E-state index contributed by atoms with van der Waals surface area (Å²) in [7, 11) is 0. The van der Waals surface area contributed by atoms with E-state index in [0.717, 1.165) is 36.5 Å². The summed E-state index contributed by atoms with van der Waals surface area (Å²) < 4.78 is 6.52. The largest absolute Gasteiger partial charge is 0.489 e. The molecule has 1 N–H and O–H groups in total. The summed E-state index contributed by atoms with van der Waals surface area (Å²) in [4.78, 5) is 29.7. The van der Waals surface area contributed by atoms with E-state index in [1.54, 1.807) is 4.90 Å². The first-order chi connectivity index (χ1) is 15.3. The Balaban J connectivity index is 1.28. The van der Waals surface area contributed by atoms with Gasteiger partial charge in [0.05, 0.1) is 0 Å². The average molecular weight is 438 g/mol. The van der Waals surface area contributed by atoms with Crippen LogP contribution in [0.4, 0.5) is 0 Å². The molecule has 2 amide bonds. The van der Waals surface area contributed by atoms with Crippen molar-refractivity contribution in [1.82, 2.24) is 15.1 Å². The third-order valence-corrected chi connectivity index (χ3v) is 7.71. The van der Waals surface area contributed by atoms with Gasteiger partial charge in [0.15, 0.2) is 0 Å². The molecule has 0 spiro atoms. The quantitative estimate of drug-likeness (QED) is 0.777. The maximum atomic E-state index is 13.0. The molecule has 3 heterocycles. The van der Waals surface area contributed by atoms with Crippen molar-refractivity contribution in [2.24, 2.45) is 5.41 Å². The van der Waals surface area contributed by atoms with Crippen LogP contribution in [0.1, 0.15) is 74.7 Å². The summed E-state index contributed by atoms with van der Waals surface area (Å²) in [6, 6.07) is 5.87. The van der Waals surface area contributed by atoms with Crippen LogP contribution in [0.25, 0.3) is 0 Å². The number of carbonyl (C=O) groups excluding carboxylic acids is 2. The summed E-state index contributed by atoms with van der Waals surface area (Å²) in [5.74, 6) is 0.652. The molecule has 1 aromatic rings. The Kier molecular flexibility index (Phi) is 5.52. The van der Waals surface area contributed by atoms with Crippen LogP contribution in [0.3, 0.4) is 0 Å². The number of fused-ring (bicyclic) bond motifs is 1. The van der Waals surface area contributed by atoms with Crippen molar-refractivity contribution in [2.45, 2.75) is 83.5 Å². The van der Waals surface area contributed by atoms with Crippen LogP contribution in [-0.4, -0.2) is 52.9 Å². The van der Waals surface area contributed by atoms with E-state index in [9.17, 15) is 9.59 Å². The van der Waals surface area contributed by atoms with Gasteiger partial charge < -0.3 is 15.0 Å². The van der Waals surface area contributed by atoms with E-state index >= 15 is 0 Å². The van der Waals surface area contributed by atoms with E-state index in [-0.39, 0.29) is 17.9 Å². The Bertz CT molecular complexity index is 940. The minimum Gasteiger partial charge on any atom is -0.489 e. The zero-order chi connectivity index (χ0) is 22.5. The third kappa shape index (κ3) is 4.05. The van der Waals surface area contributed by atoms with Crippen molar-refractivity contribution in [3.05, 3.63) is 41.6 Å². The zero-order valence-corrected chi connectivity index (χ0v) is 19.4. The summed E-state index contributed by atoms with van der Waals surface area (Å²) in [6.07, 6.45) is 7.57. The van der Waals surface area contributed by atoms with Crippen molar-refractivity contribution in [3.63, 3.8) is 0 Å². The molecule has 4 aliphatic rings. The van der Waals surface area contributed by atoms with Gasteiger partial charge in [-0.3, -0.25) is 14.5 Å². The molecule has 0 radical (unpaired) electrons. The van der Waals surface area contributed by atoms with E-state index in [1.165, 1.54) is 25.7 Å².